The van der Waals surface area contributed by atoms with Gasteiger partial charge in [-0.3, -0.25) is 0 Å². The minimum absolute atomic E-state index is 0.757. The third kappa shape index (κ3) is 1.81. The van der Waals surface area contributed by atoms with E-state index in [1.807, 2.05) is 19.0 Å². The molecule has 0 saturated heterocycles. The Morgan fingerprint density at radius 1 is 1.67 bits per heavy atom. The van der Waals surface area contributed by atoms with Crippen LogP contribution in [0.3, 0.4) is 0 Å². The normalized spacial score (nSPS) is 10.6. The first kappa shape index (κ1) is 6.22. The average molecular weight is 127 g/mol. The molecule has 0 radical (unpaired) electrons. The quantitative estimate of drug-likeness (QED) is 0.566. The van der Waals surface area contributed by atoms with Gasteiger partial charge in [-0.05, 0) is 14.1 Å². The minimum Gasteiger partial charge on any atom is -0.341 e. The van der Waals surface area contributed by atoms with Crippen LogP contribution < -0.4 is 0 Å². The SMILES string of the molecule is CN(C)Cc1cnno1. The molecule has 0 aliphatic carbocycles. The molecule has 0 saturated carbocycles. The summed E-state index contributed by atoms with van der Waals surface area (Å²) in [7, 11) is 3.92. The molecule has 0 fully saturated rings. The van der Waals surface area contributed by atoms with E-state index >= 15 is 0 Å². The van der Waals surface area contributed by atoms with Crippen LogP contribution in [0.25, 0.3) is 0 Å². The molecule has 0 spiro atoms. The van der Waals surface area contributed by atoms with Gasteiger partial charge >= 0.3 is 0 Å². The zero-order valence-corrected chi connectivity index (χ0v) is 5.53. The van der Waals surface area contributed by atoms with Crippen LogP contribution in [0.1, 0.15) is 5.76 Å². The third-order valence-corrected chi connectivity index (χ3v) is 0.879. The van der Waals surface area contributed by atoms with E-state index in [1.165, 1.54) is 0 Å². The van der Waals surface area contributed by atoms with E-state index in [0.29, 0.717) is 0 Å². The third-order valence-electron chi connectivity index (χ3n) is 0.879. The first-order valence-electron chi connectivity index (χ1n) is 2.70. The molecule has 0 unspecified atom stereocenters. The average Bonchev–Trinajstić information content (AvgIpc) is 2.15. The van der Waals surface area contributed by atoms with Gasteiger partial charge in [0.2, 0.25) is 0 Å². The molecule has 50 valence electrons. The van der Waals surface area contributed by atoms with Gasteiger partial charge in [0.15, 0.2) is 5.76 Å². The molecule has 4 nitrogen and oxygen atoms in total. The van der Waals surface area contributed by atoms with Gasteiger partial charge in [-0.2, -0.15) is 0 Å². The van der Waals surface area contributed by atoms with Crippen molar-refractivity contribution in [1.82, 2.24) is 15.3 Å². The number of nitrogens with zero attached hydrogens (tertiary/aromatic N) is 3. The van der Waals surface area contributed by atoms with E-state index in [1.54, 1.807) is 6.20 Å². The molecular weight excluding hydrogens is 118 g/mol. The molecule has 0 amide bonds. The molecule has 1 aromatic rings. The fourth-order valence-electron chi connectivity index (χ4n) is 0.569. The second kappa shape index (κ2) is 2.59. The van der Waals surface area contributed by atoms with Gasteiger partial charge in [0.1, 0.15) is 0 Å². The lowest BCUT2D eigenvalue weighted by molar-refractivity contribution is 0.301. The Bertz CT molecular complexity index is 159. The molecule has 1 heterocycles. The number of aromatic nitrogens is 2. The fraction of sp³-hybridized carbons (Fsp3) is 0.600. The molecule has 1 rings (SSSR count). The van der Waals surface area contributed by atoms with Crippen LogP contribution in [-0.4, -0.2) is 29.4 Å². The monoisotopic (exact) mass is 127 g/mol. The smallest absolute Gasteiger partial charge is 0.171 e. The molecular formula is C5H9N3O. The summed E-state index contributed by atoms with van der Waals surface area (Å²) in [5.41, 5.74) is 0. The maximum atomic E-state index is 4.74. The lowest BCUT2D eigenvalue weighted by Gasteiger charge is -2.03. The number of hydrogen-bond donors (Lipinski definition) is 0. The van der Waals surface area contributed by atoms with Crippen molar-refractivity contribution in [3.8, 4) is 0 Å². The van der Waals surface area contributed by atoms with Crippen molar-refractivity contribution < 1.29 is 4.52 Å². The highest BCUT2D eigenvalue weighted by Gasteiger charge is 1.97. The van der Waals surface area contributed by atoms with Crippen LogP contribution in [0.2, 0.25) is 0 Å². The van der Waals surface area contributed by atoms with Gasteiger partial charge in [0, 0.05) is 5.27 Å². The topological polar surface area (TPSA) is 42.2 Å². The first-order chi connectivity index (χ1) is 4.29. The Labute approximate surface area is 53.4 Å². The lowest BCUT2D eigenvalue weighted by Crippen LogP contribution is -2.09. The summed E-state index contributed by atoms with van der Waals surface area (Å²) in [6, 6.07) is 0. The van der Waals surface area contributed by atoms with Crippen LogP contribution in [0, 0.1) is 0 Å². The van der Waals surface area contributed by atoms with Crippen molar-refractivity contribution in [3.05, 3.63) is 12.0 Å². The summed E-state index contributed by atoms with van der Waals surface area (Å²) in [6.07, 6.45) is 1.61. The Morgan fingerprint density at radius 3 is 2.89 bits per heavy atom. The molecule has 0 N–H and O–H groups in total. The Kier molecular flexibility index (Phi) is 1.79. The van der Waals surface area contributed by atoms with Crippen LogP contribution in [0.15, 0.2) is 10.7 Å². The van der Waals surface area contributed by atoms with Crippen molar-refractivity contribution >= 4 is 0 Å². The van der Waals surface area contributed by atoms with Gasteiger partial charge in [-0.15, -0.1) is 5.10 Å². The van der Waals surface area contributed by atoms with Crippen molar-refractivity contribution in [2.45, 2.75) is 6.54 Å². The second-order valence-corrected chi connectivity index (χ2v) is 2.12. The molecule has 1 aromatic heterocycles. The maximum absolute atomic E-state index is 4.74. The van der Waals surface area contributed by atoms with Crippen molar-refractivity contribution in [2.75, 3.05) is 14.1 Å². The highest BCUT2D eigenvalue weighted by molar-refractivity contribution is 4.83. The molecule has 9 heavy (non-hydrogen) atoms. The fourth-order valence-corrected chi connectivity index (χ4v) is 0.569. The number of rotatable bonds is 2. The summed E-state index contributed by atoms with van der Waals surface area (Å²) in [5, 5.41) is 6.86. The zero-order valence-electron chi connectivity index (χ0n) is 5.53. The van der Waals surface area contributed by atoms with E-state index in [0.717, 1.165) is 12.3 Å². The van der Waals surface area contributed by atoms with E-state index in [-0.39, 0.29) is 0 Å². The van der Waals surface area contributed by atoms with Crippen molar-refractivity contribution in [3.63, 3.8) is 0 Å². The van der Waals surface area contributed by atoms with E-state index in [9.17, 15) is 0 Å². The first-order valence-corrected chi connectivity index (χ1v) is 2.70. The molecule has 0 aliphatic heterocycles. The van der Waals surface area contributed by atoms with Gasteiger partial charge in [-0.25, -0.2) is 0 Å². The summed E-state index contributed by atoms with van der Waals surface area (Å²) in [6.45, 7) is 0.757. The highest BCUT2D eigenvalue weighted by Crippen LogP contribution is 1.95. The minimum atomic E-state index is 0.757. The van der Waals surface area contributed by atoms with E-state index in [2.05, 4.69) is 10.4 Å². The van der Waals surface area contributed by atoms with Gasteiger partial charge in [0.25, 0.3) is 0 Å². The molecule has 0 aliphatic rings. The van der Waals surface area contributed by atoms with Gasteiger partial charge in [0.05, 0.1) is 12.7 Å². The Morgan fingerprint density at radius 2 is 2.44 bits per heavy atom. The summed E-state index contributed by atoms with van der Waals surface area (Å²) < 4.78 is 4.74. The van der Waals surface area contributed by atoms with Crippen LogP contribution >= 0.6 is 0 Å². The molecule has 0 aromatic carbocycles. The zero-order chi connectivity index (χ0) is 6.69. The summed E-state index contributed by atoms with van der Waals surface area (Å²) in [5.74, 6) is 0.792. The summed E-state index contributed by atoms with van der Waals surface area (Å²) in [4.78, 5) is 1.99. The predicted molar refractivity (Wildman–Crippen MR) is 31.7 cm³/mol. The lowest BCUT2D eigenvalue weighted by atomic mass is 10.5. The Hall–Kier alpha value is -0.900. The van der Waals surface area contributed by atoms with Gasteiger partial charge < -0.3 is 9.42 Å². The van der Waals surface area contributed by atoms with Crippen molar-refractivity contribution in [2.24, 2.45) is 0 Å². The van der Waals surface area contributed by atoms with Gasteiger partial charge in [-0.1, -0.05) is 0 Å². The Balaban J connectivity index is 2.48. The predicted octanol–water partition coefficient (Wildman–Crippen LogP) is 0.131. The molecule has 0 bridgehead atoms. The molecule has 0 atom stereocenters. The van der Waals surface area contributed by atoms with Crippen LogP contribution in [-0.2, 0) is 6.54 Å². The largest absolute Gasteiger partial charge is 0.341 e. The summed E-state index contributed by atoms with van der Waals surface area (Å²) >= 11 is 0. The second-order valence-electron chi connectivity index (χ2n) is 2.12. The van der Waals surface area contributed by atoms with Crippen LogP contribution in [0.5, 0.6) is 0 Å². The molecule has 4 heteroatoms. The van der Waals surface area contributed by atoms with Crippen LogP contribution in [0.4, 0.5) is 0 Å². The maximum Gasteiger partial charge on any atom is 0.171 e. The highest BCUT2D eigenvalue weighted by atomic mass is 16.5. The standard InChI is InChI=1S/C5H9N3O/c1-8(2)4-5-3-6-7-9-5/h3H,4H2,1-2H3. The van der Waals surface area contributed by atoms with Crippen molar-refractivity contribution in [1.29, 1.82) is 0 Å². The van der Waals surface area contributed by atoms with E-state index in [4.69, 9.17) is 4.52 Å². The number of hydrogen-bond acceptors (Lipinski definition) is 4. The van der Waals surface area contributed by atoms with E-state index < -0.39 is 0 Å².